The van der Waals surface area contributed by atoms with Crippen LogP contribution in [0.5, 0.6) is 0 Å². The SMILES string of the molecule is CN(CCCc1n[nH]c(N)c1C#N)c1nc(-c2ccccn2)nc2scc(-c3ccccc3)c12. The van der Waals surface area contributed by atoms with Gasteiger partial charge in [-0.2, -0.15) is 10.4 Å². The fourth-order valence-corrected chi connectivity index (χ4v) is 4.87. The minimum atomic E-state index is 0.314. The quantitative estimate of drug-likeness (QED) is 0.358. The van der Waals surface area contributed by atoms with E-state index in [0.29, 0.717) is 29.3 Å². The van der Waals surface area contributed by atoms with Crippen molar-refractivity contribution in [3.63, 3.8) is 0 Å². The molecule has 4 aromatic heterocycles. The zero-order valence-electron chi connectivity index (χ0n) is 18.6. The van der Waals surface area contributed by atoms with E-state index in [1.165, 1.54) is 0 Å². The molecule has 0 unspecified atom stereocenters. The van der Waals surface area contributed by atoms with Gasteiger partial charge in [0.25, 0.3) is 0 Å². The average Bonchev–Trinajstić information content (AvgIpc) is 3.47. The van der Waals surface area contributed by atoms with Crippen molar-refractivity contribution < 1.29 is 0 Å². The van der Waals surface area contributed by atoms with Crippen LogP contribution in [0, 0.1) is 11.3 Å². The van der Waals surface area contributed by atoms with Gasteiger partial charge in [-0.3, -0.25) is 10.1 Å². The fourth-order valence-electron chi connectivity index (χ4n) is 3.93. The van der Waals surface area contributed by atoms with Gasteiger partial charge in [-0.25, -0.2) is 9.97 Å². The number of rotatable bonds is 7. The highest BCUT2D eigenvalue weighted by atomic mass is 32.1. The van der Waals surface area contributed by atoms with Crippen LogP contribution < -0.4 is 10.6 Å². The van der Waals surface area contributed by atoms with Gasteiger partial charge in [0.2, 0.25) is 0 Å². The monoisotopic (exact) mass is 466 g/mol. The highest BCUT2D eigenvalue weighted by Crippen LogP contribution is 2.39. The molecule has 0 radical (unpaired) electrons. The van der Waals surface area contributed by atoms with E-state index in [9.17, 15) is 5.26 Å². The second-order valence-electron chi connectivity index (χ2n) is 7.88. The average molecular weight is 467 g/mol. The van der Waals surface area contributed by atoms with Crippen molar-refractivity contribution in [1.82, 2.24) is 25.1 Å². The molecule has 0 aliphatic rings. The van der Waals surface area contributed by atoms with Crippen molar-refractivity contribution in [2.45, 2.75) is 12.8 Å². The van der Waals surface area contributed by atoms with Crippen molar-refractivity contribution in [2.75, 3.05) is 24.2 Å². The Bertz CT molecular complexity index is 1470. The van der Waals surface area contributed by atoms with E-state index in [1.54, 1.807) is 17.5 Å². The smallest absolute Gasteiger partial charge is 0.181 e. The lowest BCUT2D eigenvalue weighted by Gasteiger charge is -2.20. The number of H-pyrrole nitrogens is 1. The van der Waals surface area contributed by atoms with Gasteiger partial charge in [0.05, 0.1) is 11.1 Å². The molecule has 0 saturated carbocycles. The van der Waals surface area contributed by atoms with Crippen molar-refractivity contribution in [3.05, 3.63) is 71.4 Å². The maximum Gasteiger partial charge on any atom is 0.181 e. The Morgan fingerprint density at radius 2 is 1.94 bits per heavy atom. The fraction of sp³-hybridized carbons (Fsp3) is 0.160. The third-order valence-corrected chi connectivity index (χ3v) is 6.52. The van der Waals surface area contributed by atoms with Crippen LogP contribution in [0.1, 0.15) is 17.7 Å². The molecular formula is C25H22N8S. The first-order valence-electron chi connectivity index (χ1n) is 10.9. The Kier molecular flexibility index (Phi) is 5.89. The van der Waals surface area contributed by atoms with Gasteiger partial charge >= 0.3 is 0 Å². The first-order valence-corrected chi connectivity index (χ1v) is 11.7. The molecule has 0 saturated heterocycles. The standard InChI is InChI=1S/C25H22N8S/c1-33(13-7-11-19-17(14-26)22(27)32-31-19)24-21-18(16-8-3-2-4-9-16)15-34-25(21)30-23(29-24)20-10-5-6-12-28-20/h2-6,8-10,12,15H,7,11,13H2,1H3,(H3,27,31,32). The summed E-state index contributed by atoms with van der Waals surface area (Å²) in [4.78, 5) is 17.3. The molecule has 0 amide bonds. The van der Waals surface area contributed by atoms with Crippen molar-refractivity contribution in [1.29, 1.82) is 5.26 Å². The lowest BCUT2D eigenvalue weighted by atomic mass is 10.1. The van der Waals surface area contributed by atoms with Crippen LogP contribution >= 0.6 is 11.3 Å². The molecule has 168 valence electrons. The molecule has 0 aliphatic heterocycles. The van der Waals surface area contributed by atoms with Gasteiger partial charge in [-0.15, -0.1) is 11.3 Å². The zero-order valence-corrected chi connectivity index (χ0v) is 19.4. The number of hydrogen-bond acceptors (Lipinski definition) is 8. The van der Waals surface area contributed by atoms with E-state index >= 15 is 0 Å². The number of nitriles is 1. The summed E-state index contributed by atoms with van der Waals surface area (Å²) < 4.78 is 0. The predicted molar refractivity (Wildman–Crippen MR) is 135 cm³/mol. The summed E-state index contributed by atoms with van der Waals surface area (Å²) in [5.74, 6) is 1.77. The van der Waals surface area contributed by atoms with E-state index in [-0.39, 0.29) is 0 Å². The topological polar surface area (TPSA) is 120 Å². The Hall–Kier alpha value is -4.29. The number of hydrogen-bond donors (Lipinski definition) is 2. The first kappa shape index (κ1) is 21.6. The largest absolute Gasteiger partial charge is 0.383 e. The Balaban J connectivity index is 1.51. The second kappa shape index (κ2) is 9.29. The van der Waals surface area contributed by atoms with Crippen LogP contribution in [0.4, 0.5) is 11.6 Å². The number of aromatic nitrogens is 5. The summed E-state index contributed by atoms with van der Waals surface area (Å²) in [6.07, 6.45) is 3.17. The van der Waals surface area contributed by atoms with Crippen molar-refractivity contribution in [2.24, 2.45) is 0 Å². The number of thiophene rings is 1. The molecule has 0 bridgehead atoms. The summed E-state index contributed by atoms with van der Waals surface area (Å²) in [7, 11) is 2.03. The van der Waals surface area contributed by atoms with E-state index < -0.39 is 0 Å². The Morgan fingerprint density at radius 1 is 1.12 bits per heavy atom. The lowest BCUT2D eigenvalue weighted by molar-refractivity contribution is 0.761. The number of fused-ring (bicyclic) bond motifs is 1. The van der Waals surface area contributed by atoms with E-state index in [4.69, 9.17) is 15.7 Å². The molecule has 0 spiro atoms. The number of nitrogen functional groups attached to an aromatic ring is 1. The molecule has 5 rings (SSSR count). The van der Waals surface area contributed by atoms with Crippen LogP contribution in [0.25, 0.3) is 32.9 Å². The number of aryl methyl sites for hydroxylation is 1. The maximum absolute atomic E-state index is 9.32. The van der Waals surface area contributed by atoms with Gasteiger partial charge < -0.3 is 10.6 Å². The van der Waals surface area contributed by atoms with Crippen LogP contribution in [0.2, 0.25) is 0 Å². The molecule has 3 N–H and O–H groups in total. The molecule has 8 nitrogen and oxygen atoms in total. The summed E-state index contributed by atoms with van der Waals surface area (Å²) in [6, 6.07) is 18.1. The number of pyridine rings is 1. The van der Waals surface area contributed by atoms with Gasteiger partial charge in [0.1, 0.15) is 33.8 Å². The maximum atomic E-state index is 9.32. The lowest BCUT2D eigenvalue weighted by Crippen LogP contribution is -2.21. The zero-order chi connectivity index (χ0) is 23.5. The number of nitrogens with one attached hydrogen (secondary N) is 1. The molecule has 1 aromatic carbocycles. The summed E-state index contributed by atoms with van der Waals surface area (Å²) in [6.45, 7) is 0.718. The second-order valence-corrected chi connectivity index (χ2v) is 8.74. The Labute approximate surface area is 200 Å². The molecule has 9 heteroatoms. The summed E-state index contributed by atoms with van der Waals surface area (Å²) in [5.41, 5.74) is 9.89. The number of aromatic amines is 1. The van der Waals surface area contributed by atoms with Crippen LogP contribution in [-0.2, 0) is 6.42 Å². The predicted octanol–water partition coefficient (Wildman–Crippen LogP) is 4.67. The van der Waals surface area contributed by atoms with Gasteiger partial charge in [-0.05, 0) is 30.5 Å². The van der Waals surface area contributed by atoms with Crippen molar-refractivity contribution in [3.8, 4) is 28.7 Å². The third kappa shape index (κ3) is 4.07. The summed E-state index contributed by atoms with van der Waals surface area (Å²) in [5, 5.41) is 19.4. The highest BCUT2D eigenvalue weighted by molar-refractivity contribution is 7.17. The number of nitrogens with two attached hydrogens (primary N) is 1. The number of anilines is 2. The van der Waals surface area contributed by atoms with E-state index in [0.717, 1.165) is 45.8 Å². The molecule has 0 fully saturated rings. The van der Waals surface area contributed by atoms with E-state index in [2.05, 4.69) is 43.7 Å². The van der Waals surface area contributed by atoms with Crippen LogP contribution in [0.15, 0.2) is 60.1 Å². The summed E-state index contributed by atoms with van der Waals surface area (Å²) >= 11 is 1.61. The third-order valence-electron chi connectivity index (χ3n) is 5.64. The van der Waals surface area contributed by atoms with Crippen LogP contribution in [-0.4, -0.2) is 38.7 Å². The minimum Gasteiger partial charge on any atom is -0.383 e. The minimum absolute atomic E-state index is 0.314. The first-order chi connectivity index (χ1) is 16.7. The molecule has 0 aliphatic carbocycles. The molecule has 4 heterocycles. The molecule has 0 atom stereocenters. The van der Waals surface area contributed by atoms with Gasteiger partial charge in [0.15, 0.2) is 5.82 Å². The van der Waals surface area contributed by atoms with Gasteiger partial charge in [-0.1, -0.05) is 36.4 Å². The van der Waals surface area contributed by atoms with Crippen LogP contribution in [0.3, 0.4) is 0 Å². The number of benzene rings is 1. The molecule has 34 heavy (non-hydrogen) atoms. The highest BCUT2D eigenvalue weighted by Gasteiger charge is 2.19. The number of nitrogens with zero attached hydrogens (tertiary/aromatic N) is 6. The molecule has 5 aromatic rings. The molecular weight excluding hydrogens is 444 g/mol. The Morgan fingerprint density at radius 3 is 2.71 bits per heavy atom. The van der Waals surface area contributed by atoms with Gasteiger partial charge in [0, 0.05) is 30.7 Å². The van der Waals surface area contributed by atoms with Crippen molar-refractivity contribution >= 4 is 33.2 Å². The normalized spacial score (nSPS) is 10.9. The van der Waals surface area contributed by atoms with E-state index in [1.807, 2.05) is 43.4 Å².